The fourth-order valence-electron chi connectivity index (χ4n) is 10.1. The molecule has 0 fully saturated rings. The van der Waals surface area contributed by atoms with Crippen LogP contribution in [0.1, 0.15) is 64.5 Å². The van der Waals surface area contributed by atoms with Gasteiger partial charge in [0, 0.05) is 53.1 Å². The maximum Gasteiger partial charge on any atom is 0.170 e. The number of carbonyl (C=O) groups excluding carboxylic acids is 3. The van der Waals surface area contributed by atoms with Crippen molar-refractivity contribution in [2.75, 3.05) is 0 Å². The second-order valence-electron chi connectivity index (χ2n) is 17.8. The molecule has 69 heavy (non-hydrogen) atoms. The van der Waals surface area contributed by atoms with Gasteiger partial charge in [0.05, 0.1) is 34.8 Å². The summed E-state index contributed by atoms with van der Waals surface area (Å²) in [5.74, 6) is -0.187. The van der Waals surface area contributed by atoms with Gasteiger partial charge in [-0.2, -0.15) is 0 Å². The predicted octanol–water partition coefficient (Wildman–Crippen LogP) is 11.8. The highest BCUT2D eigenvalue weighted by Gasteiger charge is 2.37. The molecule has 3 aliphatic carbocycles. The molecule has 6 unspecified atom stereocenters. The summed E-state index contributed by atoms with van der Waals surface area (Å²) < 4.78 is 20.2. The van der Waals surface area contributed by atoms with Crippen LogP contribution in [-0.2, 0) is 34.0 Å². The van der Waals surface area contributed by atoms with Crippen molar-refractivity contribution in [3.05, 3.63) is 248 Å². The van der Waals surface area contributed by atoms with Crippen molar-refractivity contribution >= 4 is 36.0 Å². The number of nitrogens with zero attached hydrogens (tertiary/aromatic N) is 3. The van der Waals surface area contributed by atoms with E-state index in [1.807, 2.05) is 164 Å². The molecule has 4 aromatic carbocycles. The van der Waals surface area contributed by atoms with Crippen LogP contribution >= 0.6 is 0 Å². The summed E-state index contributed by atoms with van der Waals surface area (Å²) in [4.78, 5) is 55.6. The molecular formula is C60H51N3O6. The van der Waals surface area contributed by atoms with Crippen LogP contribution in [0, 0.1) is 56.3 Å². The van der Waals surface area contributed by atoms with Crippen molar-refractivity contribution in [1.29, 1.82) is 0 Å². The quantitative estimate of drug-likeness (QED) is 0.110. The summed E-state index contributed by atoms with van der Waals surface area (Å²) >= 11 is 0. The molecule has 3 aliphatic heterocycles. The monoisotopic (exact) mass is 909 g/mol. The van der Waals surface area contributed by atoms with E-state index in [-0.39, 0.29) is 54.9 Å². The molecule has 3 heterocycles. The van der Waals surface area contributed by atoms with Crippen molar-refractivity contribution in [1.82, 2.24) is 0 Å². The van der Waals surface area contributed by atoms with E-state index in [9.17, 15) is 14.4 Å². The van der Waals surface area contributed by atoms with Crippen molar-refractivity contribution in [3.8, 4) is 0 Å². The fraction of sp³-hybridized carbons (Fsp3) is 0.200. The lowest BCUT2D eigenvalue weighted by Crippen LogP contribution is -2.27. The summed E-state index contributed by atoms with van der Waals surface area (Å²) in [6.45, 7) is 6.92. The molecule has 0 bridgehead atoms. The SMILES string of the molecule is Cc1c(COC2=C3N=CC=CC3C(C(=O)c3ccccc3)C=C2)c(C)c(COC2=C3N=CC=CC3C(C(=O)c3ccccc3)C=C2)c(C)c1COC1=C2N=CC=CC2C(C(=O)c2ccccc2)C=C1. The van der Waals surface area contributed by atoms with Gasteiger partial charge in [-0.1, -0.05) is 127 Å². The van der Waals surface area contributed by atoms with Crippen LogP contribution in [0.15, 0.2) is 213 Å². The summed E-state index contributed by atoms with van der Waals surface area (Å²) in [6, 6.07) is 28.1. The van der Waals surface area contributed by atoms with Gasteiger partial charge in [-0.3, -0.25) is 29.4 Å². The number of carbonyl (C=O) groups is 3. The van der Waals surface area contributed by atoms with Crippen molar-refractivity contribution in [3.63, 3.8) is 0 Å². The second-order valence-corrected chi connectivity index (χ2v) is 17.8. The minimum atomic E-state index is -0.419. The van der Waals surface area contributed by atoms with E-state index in [2.05, 4.69) is 20.8 Å². The first-order chi connectivity index (χ1) is 33.8. The van der Waals surface area contributed by atoms with E-state index in [1.165, 1.54) is 0 Å². The maximum absolute atomic E-state index is 13.8. The topological polar surface area (TPSA) is 116 Å². The van der Waals surface area contributed by atoms with Gasteiger partial charge in [0.15, 0.2) is 17.3 Å². The Morgan fingerprint density at radius 1 is 0.406 bits per heavy atom. The Kier molecular flexibility index (Phi) is 12.8. The molecule has 6 atom stereocenters. The number of ketones is 3. The maximum atomic E-state index is 13.8. The first kappa shape index (κ1) is 44.8. The van der Waals surface area contributed by atoms with E-state index < -0.39 is 17.8 Å². The van der Waals surface area contributed by atoms with Crippen LogP contribution in [-0.4, -0.2) is 36.0 Å². The molecule has 6 aliphatic rings. The summed E-state index contributed by atoms with van der Waals surface area (Å²) in [5, 5.41) is 0. The number of hydrogen-bond donors (Lipinski definition) is 0. The average Bonchev–Trinajstić information content (AvgIpc) is 3.40. The average molecular weight is 910 g/mol. The van der Waals surface area contributed by atoms with Crippen LogP contribution < -0.4 is 0 Å². The molecule has 0 N–H and O–H groups in total. The number of fused-ring (bicyclic) bond motifs is 3. The van der Waals surface area contributed by atoms with Crippen LogP contribution in [0.5, 0.6) is 0 Å². The van der Waals surface area contributed by atoms with Crippen LogP contribution in [0.3, 0.4) is 0 Å². The molecule has 0 saturated carbocycles. The first-order valence-electron chi connectivity index (χ1n) is 23.4. The minimum Gasteiger partial charge on any atom is -0.487 e. The molecule has 0 aromatic heterocycles. The van der Waals surface area contributed by atoms with Gasteiger partial charge in [0.25, 0.3) is 0 Å². The van der Waals surface area contributed by atoms with Crippen molar-refractivity contribution in [2.45, 2.75) is 40.6 Å². The third-order valence-electron chi connectivity index (χ3n) is 14.0. The molecular weight excluding hydrogens is 859 g/mol. The van der Waals surface area contributed by atoms with Crippen molar-refractivity contribution < 1.29 is 28.6 Å². The molecule has 0 saturated heterocycles. The first-order valence-corrected chi connectivity index (χ1v) is 23.4. The number of aliphatic imine (C=N–C) groups is 3. The third-order valence-corrected chi connectivity index (χ3v) is 14.0. The van der Waals surface area contributed by atoms with Gasteiger partial charge in [0.2, 0.25) is 0 Å². The van der Waals surface area contributed by atoms with Gasteiger partial charge in [-0.25, -0.2) is 0 Å². The molecule has 9 nitrogen and oxygen atoms in total. The largest absolute Gasteiger partial charge is 0.487 e. The number of hydrogen-bond acceptors (Lipinski definition) is 9. The lowest BCUT2D eigenvalue weighted by atomic mass is 9.79. The highest BCUT2D eigenvalue weighted by atomic mass is 16.5. The lowest BCUT2D eigenvalue weighted by molar-refractivity contribution is 0.0916. The molecule has 0 radical (unpaired) electrons. The molecule has 0 amide bonds. The Morgan fingerprint density at radius 2 is 0.681 bits per heavy atom. The number of Topliss-reactive ketones (excluding diaryl/α,β-unsaturated/α-hetero) is 3. The normalized spacial score (nSPS) is 22.7. The van der Waals surface area contributed by atoms with E-state index in [4.69, 9.17) is 29.2 Å². The molecule has 9 heteroatoms. The lowest BCUT2D eigenvalue weighted by Gasteiger charge is -2.30. The van der Waals surface area contributed by atoms with Gasteiger partial charge >= 0.3 is 0 Å². The van der Waals surface area contributed by atoms with Gasteiger partial charge in [-0.15, -0.1) is 0 Å². The molecule has 342 valence electrons. The molecule has 10 rings (SSSR count). The van der Waals surface area contributed by atoms with Gasteiger partial charge in [-0.05, 0) is 90.6 Å². The van der Waals surface area contributed by atoms with E-state index >= 15 is 0 Å². The minimum absolute atomic E-state index is 0.0292. The summed E-state index contributed by atoms with van der Waals surface area (Å²) in [5.41, 5.74) is 10.0. The smallest absolute Gasteiger partial charge is 0.170 e. The van der Waals surface area contributed by atoms with E-state index in [0.717, 1.165) is 33.4 Å². The number of benzene rings is 4. The number of rotatable bonds is 15. The Balaban J connectivity index is 0.961. The van der Waals surface area contributed by atoms with E-state index in [0.29, 0.717) is 51.1 Å². The van der Waals surface area contributed by atoms with Gasteiger partial charge < -0.3 is 14.2 Å². The molecule has 4 aromatic rings. The number of dihydropyridines is 3. The Labute approximate surface area is 402 Å². The number of allylic oxidation sites excluding steroid dienone is 12. The fourth-order valence-corrected chi connectivity index (χ4v) is 10.1. The Hall–Kier alpha value is -8.04. The second kappa shape index (κ2) is 19.7. The summed E-state index contributed by atoms with van der Waals surface area (Å²) in [7, 11) is 0. The molecule has 0 spiro atoms. The summed E-state index contributed by atoms with van der Waals surface area (Å²) in [6.07, 6.45) is 28.4. The van der Waals surface area contributed by atoms with Crippen LogP contribution in [0.2, 0.25) is 0 Å². The highest BCUT2D eigenvalue weighted by molar-refractivity contribution is 6.01. The third kappa shape index (κ3) is 8.84. The highest BCUT2D eigenvalue weighted by Crippen LogP contribution is 2.41. The zero-order valence-corrected chi connectivity index (χ0v) is 38.7. The van der Waals surface area contributed by atoms with Crippen molar-refractivity contribution in [2.24, 2.45) is 50.5 Å². The zero-order chi connectivity index (χ0) is 47.4. The number of ether oxygens (including phenoxy) is 3. The van der Waals surface area contributed by atoms with Crippen LogP contribution in [0.4, 0.5) is 0 Å². The van der Waals surface area contributed by atoms with Crippen LogP contribution in [0.25, 0.3) is 0 Å². The standard InChI is InChI=1S/C60H51N3O6/c1-37-49(34-67-52-28-25-46(43-22-13-31-61-55(43)52)58(64)40-16-7-4-8-17-40)38(2)51(36-69-54-30-27-48(45-24-15-33-63-57(45)54)60(66)42-20-11-6-12-21-42)39(3)50(37)35-68-53-29-26-47(44-23-14-32-62-56(44)53)59(65)41-18-9-5-10-19-41/h4-33,43-48H,34-36H2,1-3H3. The van der Waals surface area contributed by atoms with E-state index in [1.54, 1.807) is 18.6 Å². The Bertz CT molecular complexity index is 2750. The predicted molar refractivity (Wildman–Crippen MR) is 270 cm³/mol. The zero-order valence-electron chi connectivity index (χ0n) is 38.7. The van der Waals surface area contributed by atoms with Gasteiger partial charge in [0.1, 0.15) is 37.1 Å². The Morgan fingerprint density at radius 3 is 0.957 bits per heavy atom.